The Morgan fingerprint density at radius 1 is 1.16 bits per heavy atom. The summed E-state index contributed by atoms with van der Waals surface area (Å²) in [5.41, 5.74) is 0.526. The Morgan fingerprint density at radius 3 is 2.55 bits per heavy atom. The second kappa shape index (κ2) is 10.0. The van der Waals surface area contributed by atoms with Crippen molar-refractivity contribution in [1.82, 2.24) is 25.1 Å². The molecular weight excluding hydrogens is 499 g/mol. The minimum Gasteiger partial charge on any atom is -0.385 e. The Kier molecular flexibility index (Phi) is 6.91. The number of benzene rings is 2. The smallest absolute Gasteiger partial charge is 0.385 e. The normalized spacial score (nSPS) is 22.2. The topological polar surface area (TPSA) is 99.5 Å². The third kappa shape index (κ3) is 5.12. The van der Waals surface area contributed by atoms with Crippen LogP contribution in [0.4, 0.5) is 13.2 Å². The van der Waals surface area contributed by atoms with E-state index in [-0.39, 0.29) is 30.1 Å². The molecule has 202 valence electrons. The molecule has 2 heterocycles. The van der Waals surface area contributed by atoms with E-state index in [0.717, 1.165) is 28.7 Å². The van der Waals surface area contributed by atoms with Crippen molar-refractivity contribution >= 4 is 22.8 Å². The molecule has 5 rings (SSSR count). The number of aromatic nitrogens is 2. The Hall–Kier alpha value is -3.44. The number of aryl methyl sites for hydroxylation is 1. The number of nitrogens with zero attached hydrogens (tertiary/aromatic N) is 3. The predicted octanol–water partition coefficient (Wildman–Crippen LogP) is 2.95. The van der Waals surface area contributed by atoms with Crippen LogP contribution in [0.1, 0.15) is 47.2 Å². The fourth-order valence-electron chi connectivity index (χ4n) is 5.42. The molecule has 11 heteroatoms. The number of carbonyl (C=O) groups is 2. The fraction of sp³-hybridized carbons (Fsp3) is 0.444. The van der Waals surface area contributed by atoms with Crippen LogP contribution in [0, 0.1) is 0 Å². The summed E-state index contributed by atoms with van der Waals surface area (Å²) in [6, 6.07) is 9.75. The van der Waals surface area contributed by atoms with E-state index in [4.69, 9.17) is 0 Å². The van der Waals surface area contributed by atoms with Gasteiger partial charge in [-0.25, -0.2) is 4.98 Å². The lowest BCUT2D eigenvalue weighted by atomic mass is 9.76. The number of hydrogen-bond donors (Lipinski definition) is 3. The summed E-state index contributed by atoms with van der Waals surface area (Å²) in [4.78, 5) is 31.9. The van der Waals surface area contributed by atoms with Gasteiger partial charge in [-0.1, -0.05) is 12.1 Å². The summed E-state index contributed by atoms with van der Waals surface area (Å²) in [6.07, 6.45) is -0.708. The van der Waals surface area contributed by atoms with Crippen LogP contribution in [-0.2, 0) is 23.6 Å². The fourth-order valence-corrected chi connectivity index (χ4v) is 5.42. The maximum Gasteiger partial charge on any atom is 0.416 e. The van der Waals surface area contributed by atoms with E-state index < -0.39 is 23.2 Å². The summed E-state index contributed by atoms with van der Waals surface area (Å²) in [5, 5.41) is 17.1. The van der Waals surface area contributed by atoms with Crippen LogP contribution < -0.4 is 10.6 Å². The van der Waals surface area contributed by atoms with Crippen LogP contribution in [0.15, 0.2) is 48.8 Å². The zero-order valence-electron chi connectivity index (χ0n) is 21.0. The van der Waals surface area contributed by atoms with Crippen LogP contribution in [-0.4, -0.2) is 63.1 Å². The Bertz CT molecular complexity index is 1340. The van der Waals surface area contributed by atoms with Gasteiger partial charge in [-0.3, -0.25) is 9.59 Å². The summed E-state index contributed by atoms with van der Waals surface area (Å²) >= 11 is 0. The number of nitrogens with one attached hydrogen (secondary N) is 2. The van der Waals surface area contributed by atoms with E-state index in [0.29, 0.717) is 38.8 Å². The van der Waals surface area contributed by atoms with Crippen molar-refractivity contribution in [3.63, 3.8) is 0 Å². The minimum atomic E-state index is -4.56. The number of alkyl halides is 3. The largest absolute Gasteiger partial charge is 0.416 e. The van der Waals surface area contributed by atoms with E-state index in [1.54, 1.807) is 11.2 Å². The van der Waals surface area contributed by atoms with Gasteiger partial charge in [0.1, 0.15) is 0 Å². The first kappa shape index (κ1) is 26.2. The van der Waals surface area contributed by atoms with Crippen LogP contribution in [0.3, 0.4) is 0 Å². The molecular formula is C27H30F3N5O3. The number of imidazole rings is 1. The average molecular weight is 530 g/mol. The summed E-state index contributed by atoms with van der Waals surface area (Å²) in [5.74, 6) is -1.02. The molecule has 8 nitrogen and oxygen atoms in total. The van der Waals surface area contributed by atoms with Crippen LogP contribution >= 0.6 is 0 Å². The highest BCUT2D eigenvalue weighted by atomic mass is 19.4. The molecule has 2 amide bonds. The molecule has 2 aromatic carbocycles. The van der Waals surface area contributed by atoms with E-state index in [1.807, 2.05) is 29.8 Å². The van der Waals surface area contributed by atoms with Crippen molar-refractivity contribution in [2.24, 2.45) is 7.05 Å². The predicted molar refractivity (Wildman–Crippen MR) is 134 cm³/mol. The number of rotatable bonds is 6. The number of carbonyl (C=O) groups excluding carboxylic acids is 2. The maximum absolute atomic E-state index is 13.3. The van der Waals surface area contributed by atoms with E-state index in [9.17, 15) is 27.9 Å². The first-order valence-corrected chi connectivity index (χ1v) is 12.7. The van der Waals surface area contributed by atoms with Crippen LogP contribution in [0.25, 0.3) is 11.0 Å². The molecule has 2 fully saturated rings. The molecule has 3 aromatic rings. The molecule has 3 N–H and O–H groups in total. The van der Waals surface area contributed by atoms with Gasteiger partial charge < -0.3 is 25.2 Å². The second-order valence-electron chi connectivity index (χ2n) is 10.2. The molecule has 38 heavy (non-hydrogen) atoms. The lowest BCUT2D eigenvalue weighted by molar-refractivity contribution is -0.139. The molecule has 1 aromatic heterocycles. The quantitative estimate of drug-likeness (QED) is 0.456. The molecule has 0 unspecified atom stereocenters. The number of amides is 2. The van der Waals surface area contributed by atoms with Gasteiger partial charge in [0, 0.05) is 31.7 Å². The zero-order valence-corrected chi connectivity index (χ0v) is 21.0. The third-order valence-corrected chi connectivity index (χ3v) is 7.73. The molecule has 0 spiro atoms. The van der Waals surface area contributed by atoms with E-state index in [1.165, 1.54) is 12.1 Å². The first-order chi connectivity index (χ1) is 18.0. The third-order valence-electron chi connectivity index (χ3n) is 7.73. The van der Waals surface area contributed by atoms with Gasteiger partial charge in [-0.15, -0.1) is 0 Å². The molecule has 2 aliphatic rings. The van der Waals surface area contributed by atoms with Gasteiger partial charge in [-0.05, 0) is 61.6 Å². The lowest BCUT2D eigenvalue weighted by Gasteiger charge is -2.47. The lowest BCUT2D eigenvalue weighted by Crippen LogP contribution is -2.63. The van der Waals surface area contributed by atoms with Crippen molar-refractivity contribution in [3.05, 3.63) is 65.5 Å². The van der Waals surface area contributed by atoms with Crippen molar-refractivity contribution in [2.75, 3.05) is 19.6 Å². The van der Waals surface area contributed by atoms with Crippen molar-refractivity contribution in [2.45, 2.75) is 49.5 Å². The van der Waals surface area contributed by atoms with Gasteiger partial charge in [0.25, 0.3) is 5.91 Å². The zero-order chi connectivity index (χ0) is 27.1. The Labute approximate surface area is 217 Å². The molecule has 1 saturated heterocycles. The number of halogens is 3. The van der Waals surface area contributed by atoms with Crippen molar-refractivity contribution in [3.8, 4) is 0 Å². The minimum absolute atomic E-state index is 0.0325. The van der Waals surface area contributed by atoms with Gasteiger partial charge in [-0.2, -0.15) is 13.2 Å². The molecule has 0 radical (unpaired) electrons. The van der Waals surface area contributed by atoms with Crippen LogP contribution in [0.5, 0.6) is 0 Å². The average Bonchev–Trinajstić information content (AvgIpc) is 3.24. The highest BCUT2D eigenvalue weighted by molar-refractivity contribution is 5.96. The van der Waals surface area contributed by atoms with Crippen LogP contribution in [0.2, 0.25) is 0 Å². The monoisotopic (exact) mass is 529 g/mol. The number of fused-ring (bicyclic) bond motifs is 1. The number of aliphatic hydroxyl groups is 1. The molecule has 0 bridgehead atoms. The highest BCUT2D eigenvalue weighted by Crippen LogP contribution is 2.40. The van der Waals surface area contributed by atoms with E-state index in [2.05, 4.69) is 15.6 Å². The second-order valence-corrected chi connectivity index (χ2v) is 10.2. The molecule has 1 aliphatic heterocycles. The Balaban J connectivity index is 1.24. The maximum atomic E-state index is 13.3. The summed E-state index contributed by atoms with van der Waals surface area (Å²) in [6.45, 7) is 0.944. The van der Waals surface area contributed by atoms with E-state index >= 15 is 0 Å². The highest BCUT2D eigenvalue weighted by Gasteiger charge is 2.41. The Morgan fingerprint density at radius 2 is 1.89 bits per heavy atom. The van der Waals surface area contributed by atoms with Gasteiger partial charge in [0.15, 0.2) is 0 Å². The summed E-state index contributed by atoms with van der Waals surface area (Å²) in [7, 11) is 1.90. The van der Waals surface area contributed by atoms with Gasteiger partial charge in [0.2, 0.25) is 5.91 Å². The molecule has 1 aliphatic carbocycles. The van der Waals surface area contributed by atoms with Gasteiger partial charge >= 0.3 is 6.18 Å². The number of hydrogen-bond acceptors (Lipinski definition) is 5. The first-order valence-electron chi connectivity index (χ1n) is 12.7. The molecule has 0 atom stereocenters. The van der Waals surface area contributed by atoms with Crippen molar-refractivity contribution in [1.29, 1.82) is 0 Å². The summed E-state index contributed by atoms with van der Waals surface area (Å²) < 4.78 is 40.9. The van der Waals surface area contributed by atoms with Crippen molar-refractivity contribution < 1.29 is 27.9 Å². The molecule has 1 saturated carbocycles. The SMILES string of the molecule is Cn1cnc2ccc(C3(O)CCC(N(C(=O)CNC(=O)c4cccc(C(F)(F)F)c4)C4CNC4)CC3)cc21. The standard InChI is InChI=1S/C27H30F3N5O3/c1-34-16-33-22-6-5-18(12-23(22)34)26(38)9-7-20(8-10-26)35(21-13-31-14-21)24(36)15-32-25(37)17-3-2-4-19(11-17)27(28,29)30/h2-6,11-12,16,20-21,31,38H,7-10,13-15H2,1H3,(H,32,37). The van der Waals surface area contributed by atoms with Gasteiger partial charge in [0.05, 0.1) is 41.1 Å².